The van der Waals surface area contributed by atoms with Gasteiger partial charge in [-0.2, -0.15) is 0 Å². The summed E-state index contributed by atoms with van der Waals surface area (Å²) < 4.78 is 13.9. The third-order valence-electron chi connectivity index (χ3n) is 1.48. The molecular weight excluding hydrogens is 329 g/mol. The van der Waals surface area contributed by atoms with Crippen molar-refractivity contribution in [2.45, 2.75) is 0 Å². The highest BCUT2D eigenvalue weighted by Gasteiger charge is 2.14. The zero-order valence-corrected chi connectivity index (χ0v) is 11.1. The van der Waals surface area contributed by atoms with E-state index in [1.807, 2.05) is 0 Å². The van der Waals surface area contributed by atoms with Crippen molar-refractivity contribution < 1.29 is 4.39 Å². The Kier molecular flexibility index (Phi) is 4.64. The molecule has 0 aromatic heterocycles. The molecule has 0 radical (unpaired) electrons. The van der Waals surface area contributed by atoms with Gasteiger partial charge >= 0.3 is 0 Å². The third-order valence-corrected chi connectivity index (χ3v) is 3.12. The molecule has 1 rings (SSSR count). The molecule has 0 saturated heterocycles. The number of hydrogen-bond acceptors (Lipinski definition) is 1. The quantitative estimate of drug-likeness (QED) is 0.285. The molecule has 0 bridgehead atoms. The van der Waals surface area contributed by atoms with Crippen LogP contribution < -0.4 is 5.73 Å². The van der Waals surface area contributed by atoms with Crippen molar-refractivity contribution in [1.29, 1.82) is 0 Å². The maximum atomic E-state index is 13.6. The molecule has 7 heteroatoms. The van der Waals surface area contributed by atoms with E-state index in [1.54, 1.807) is 0 Å². The standard InChI is InChI=1S/C8H5BrCl3FN2/c9-3-1-4(11)6(12)7(13)8(3)15-5(14)2-10/h1H,2H2,(H2,14,15). The molecule has 2 nitrogen and oxygen atoms in total. The fourth-order valence-corrected chi connectivity index (χ4v) is 1.85. The molecule has 0 unspecified atom stereocenters. The largest absolute Gasteiger partial charge is 0.386 e. The Bertz CT molecular complexity index is 423. The Hall–Kier alpha value is -0.0300. The minimum Gasteiger partial charge on any atom is -0.386 e. The summed E-state index contributed by atoms with van der Waals surface area (Å²) in [6.07, 6.45) is 0. The van der Waals surface area contributed by atoms with Gasteiger partial charge in [-0.05, 0) is 22.0 Å². The average Bonchev–Trinajstić information content (AvgIpc) is 2.21. The lowest BCUT2D eigenvalue weighted by Gasteiger charge is -2.05. The first-order chi connectivity index (χ1) is 6.97. The van der Waals surface area contributed by atoms with Gasteiger partial charge in [0, 0.05) is 4.47 Å². The summed E-state index contributed by atoms with van der Waals surface area (Å²) in [5.41, 5.74) is 5.37. The Labute approximate surface area is 109 Å². The van der Waals surface area contributed by atoms with Crippen molar-refractivity contribution in [2.75, 3.05) is 5.88 Å². The van der Waals surface area contributed by atoms with Gasteiger partial charge in [0.25, 0.3) is 0 Å². The van der Waals surface area contributed by atoms with Crippen LogP contribution in [0, 0.1) is 5.82 Å². The van der Waals surface area contributed by atoms with Crippen LogP contribution in [0.5, 0.6) is 0 Å². The molecule has 0 spiro atoms. The minimum absolute atomic E-state index is 0.00608. The van der Waals surface area contributed by atoms with Gasteiger partial charge in [0.05, 0.1) is 15.9 Å². The van der Waals surface area contributed by atoms with Crippen LogP contribution in [0.2, 0.25) is 10.0 Å². The van der Waals surface area contributed by atoms with E-state index >= 15 is 0 Å². The first-order valence-corrected chi connectivity index (χ1v) is 5.77. The van der Waals surface area contributed by atoms with Gasteiger partial charge in [-0.1, -0.05) is 23.2 Å². The lowest BCUT2D eigenvalue weighted by molar-refractivity contribution is 0.629. The normalized spacial score (nSPS) is 11.9. The summed E-state index contributed by atoms with van der Waals surface area (Å²) in [5.74, 6) is -0.634. The van der Waals surface area contributed by atoms with Gasteiger partial charge in [-0.25, -0.2) is 9.38 Å². The molecule has 0 saturated carbocycles. The highest BCUT2D eigenvalue weighted by Crippen LogP contribution is 2.37. The summed E-state index contributed by atoms with van der Waals surface area (Å²) in [6.45, 7) is 0. The monoisotopic (exact) mass is 332 g/mol. The van der Waals surface area contributed by atoms with Crippen LogP contribution in [0.15, 0.2) is 15.5 Å². The topological polar surface area (TPSA) is 38.4 Å². The van der Waals surface area contributed by atoms with Crippen LogP contribution in [-0.4, -0.2) is 11.7 Å². The van der Waals surface area contributed by atoms with E-state index in [0.29, 0.717) is 4.47 Å². The van der Waals surface area contributed by atoms with Gasteiger partial charge in [0.15, 0.2) is 5.82 Å². The van der Waals surface area contributed by atoms with Crippen molar-refractivity contribution in [3.63, 3.8) is 0 Å². The number of nitrogens with two attached hydrogens (primary N) is 1. The zero-order valence-electron chi connectivity index (χ0n) is 7.20. The van der Waals surface area contributed by atoms with Crippen molar-refractivity contribution in [2.24, 2.45) is 10.7 Å². The number of nitrogens with zero attached hydrogens (tertiary/aromatic N) is 1. The second-order valence-corrected chi connectivity index (χ2v) is 4.46. The summed E-state index contributed by atoms with van der Waals surface area (Å²) in [7, 11) is 0. The Morgan fingerprint density at radius 3 is 2.67 bits per heavy atom. The van der Waals surface area contributed by atoms with Gasteiger partial charge in [-0.3, -0.25) is 0 Å². The fraction of sp³-hybridized carbons (Fsp3) is 0.125. The van der Waals surface area contributed by atoms with E-state index in [2.05, 4.69) is 20.9 Å². The number of rotatable bonds is 2. The predicted octanol–water partition coefficient (Wildman–Crippen LogP) is 4.12. The molecule has 2 N–H and O–H groups in total. The molecule has 1 aromatic rings. The van der Waals surface area contributed by atoms with E-state index in [0.717, 1.165) is 0 Å². The van der Waals surface area contributed by atoms with Crippen LogP contribution in [0.1, 0.15) is 0 Å². The van der Waals surface area contributed by atoms with E-state index in [9.17, 15) is 4.39 Å². The molecule has 0 aliphatic carbocycles. The average molecular weight is 334 g/mol. The van der Waals surface area contributed by atoms with Crippen LogP contribution in [0.3, 0.4) is 0 Å². The molecule has 0 aliphatic heterocycles. The zero-order chi connectivity index (χ0) is 11.6. The third kappa shape index (κ3) is 2.97. The van der Waals surface area contributed by atoms with Crippen LogP contribution in [0.25, 0.3) is 0 Å². The van der Waals surface area contributed by atoms with Crippen molar-refractivity contribution in [3.05, 3.63) is 26.4 Å². The molecule has 0 aliphatic rings. The van der Waals surface area contributed by atoms with Gasteiger partial charge in [0.1, 0.15) is 11.5 Å². The lowest BCUT2D eigenvalue weighted by atomic mass is 10.3. The minimum atomic E-state index is -0.732. The van der Waals surface area contributed by atoms with E-state index < -0.39 is 5.82 Å². The summed E-state index contributed by atoms with van der Waals surface area (Å²) in [5, 5.41) is -0.0922. The number of aliphatic imine (C=N–C) groups is 1. The molecule has 82 valence electrons. The van der Waals surface area contributed by atoms with E-state index in [1.165, 1.54) is 6.07 Å². The van der Waals surface area contributed by atoms with Crippen LogP contribution >= 0.6 is 50.7 Å². The number of hydrogen-bond donors (Lipinski definition) is 1. The Morgan fingerprint density at radius 1 is 1.53 bits per heavy atom. The Morgan fingerprint density at radius 2 is 2.13 bits per heavy atom. The predicted molar refractivity (Wildman–Crippen MR) is 66.1 cm³/mol. The molecule has 0 atom stereocenters. The number of amidine groups is 1. The molecule has 0 amide bonds. The molecule has 0 fully saturated rings. The number of benzene rings is 1. The van der Waals surface area contributed by atoms with Crippen molar-refractivity contribution in [1.82, 2.24) is 0 Å². The Balaban J connectivity index is 3.36. The maximum absolute atomic E-state index is 13.6. The lowest BCUT2D eigenvalue weighted by Crippen LogP contribution is -2.12. The molecule has 0 heterocycles. The molecular formula is C8H5BrCl3FN2. The highest BCUT2D eigenvalue weighted by atomic mass is 79.9. The van der Waals surface area contributed by atoms with Gasteiger partial charge < -0.3 is 5.73 Å². The highest BCUT2D eigenvalue weighted by molar-refractivity contribution is 9.10. The second kappa shape index (κ2) is 5.34. The van der Waals surface area contributed by atoms with Crippen LogP contribution in [-0.2, 0) is 0 Å². The molecule has 15 heavy (non-hydrogen) atoms. The van der Waals surface area contributed by atoms with Crippen molar-refractivity contribution in [3.8, 4) is 0 Å². The first kappa shape index (κ1) is 13.0. The fourth-order valence-electron chi connectivity index (χ4n) is 0.833. The van der Waals surface area contributed by atoms with Crippen LogP contribution in [0.4, 0.5) is 10.1 Å². The van der Waals surface area contributed by atoms with Gasteiger partial charge in [-0.15, -0.1) is 11.6 Å². The smallest absolute Gasteiger partial charge is 0.170 e. The van der Waals surface area contributed by atoms with E-state index in [4.69, 9.17) is 40.5 Å². The maximum Gasteiger partial charge on any atom is 0.170 e. The second-order valence-electron chi connectivity index (χ2n) is 2.55. The summed E-state index contributed by atoms with van der Waals surface area (Å²) >= 11 is 19.8. The van der Waals surface area contributed by atoms with Crippen molar-refractivity contribution >= 4 is 62.3 Å². The summed E-state index contributed by atoms with van der Waals surface area (Å²) in [6, 6.07) is 1.44. The number of alkyl halides is 1. The van der Waals surface area contributed by atoms with E-state index in [-0.39, 0.29) is 27.4 Å². The first-order valence-electron chi connectivity index (χ1n) is 3.69. The van der Waals surface area contributed by atoms with Gasteiger partial charge in [0.2, 0.25) is 0 Å². The summed E-state index contributed by atoms with van der Waals surface area (Å²) in [4.78, 5) is 3.78. The molecule has 1 aromatic carbocycles. The SMILES string of the molecule is NC(CCl)=Nc1c(Br)cc(Cl)c(Cl)c1F. The number of halogens is 5.